The lowest BCUT2D eigenvalue weighted by Gasteiger charge is -2.20. The number of anilines is 1. The Morgan fingerprint density at radius 2 is 2.05 bits per heavy atom. The van der Waals surface area contributed by atoms with Crippen LogP contribution in [0, 0.1) is 0 Å². The Bertz CT molecular complexity index is 1540. The van der Waals surface area contributed by atoms with Gasteiger partial charge in [0.05, 0.1) is 40.8 Å². The Morgan fingerprint density at radius 3 is 2.74 bits per heavy atom. The number of likely N-dealkylation sites (N-methyl/N-ethyl adjacent to an activating group) is 1. The molecule has 1 fully saturated rings. The molecule has 0 saturated carbocycles. The normalized spacial score (nSPS) is 16.0. The molecule has 12 heteroatoms. The van der Waals surface area contributed by atoms with Crippen molar-refractivity contribution in [2.45, 2.75) is 23.8 Å². The largest absolute Gasteiger partial charge is 0.497 e. The summed E-state index contributed by atoms with van der Waals surface area (Å²) in [5.74, 6) is 0.655. The maximum Gasteiger partial charge on any atom is 0.280 e. The number of hydrogen-bond acceptors (Lipinski definition) is 9. The highest BCUT2D eigenvalue weighted by Crippen LogP contribution is 2.32. The van der Waals surface area contributed by atoms with Crippen molar-refractivity contribution in [1.29, 1.82) is 0 Å². The number of ether oxygens (including phenoxy) is 2. The fourth-order valence-corrected chi connectivity index (χ4v) is 6.18. The van der Waals surface area contributed by atoms with E-state index in [0.29, 0.717) is 28.8 Å². The molecular formula is C26H26N4O6S2. The van der Waals surface area contributed by atoms with Crippen LogP contribution in [0.4, 0.5) is 5.13 Å². The predicted molar refractivity (Wildman–Crippen MR) is 145 cm³/mol. The summed E-state index contributed by atoms with van der Waals surface area (Å²) >= 11 is 1.28. The van der Waals surface area contributed by atoms with E-state index in [9.17, 15) is 13.2 Å². The van der Waals surface area contributed by atoms with Gasteiger partial charge in [-0.3, -0.25) is 4.79 Å². The van der Waals surface area contributed by atoms with Crippen molar-refractivity contribution >= 4 is 48.8 Å². The highest BCUT2D eigenvalue weighted by Gasteiger charge is 2.27. The van der Waals surface area contributed by atoms with Gasteiger partial charge in [-0.25, -0.2) is 13.4 Å². The maximum atomic E-state index is 13.6. The molecule has 1 amide bonds. The number of carbonyl (C=O) groups is 1. The van der Waals surface area contributed by atoms with Crippen LogP contribution in [-0.2, 0) is 14.8 Å². The first-order chi connectivity index (χ1) is 18.3. The van der Waals surface area contributed by atoms with Crippen LogP contribution < -0.4 is 9.75 Å². The summed E-state index contributed by atoms with van der Waals surface area (Å²) in [4.78, 5) is 18.2. The van der Waals surface area contributed by atoms with Crippen LogP contribution >= 0.6 is 11.3 Å². The average Bonchev–Trinajstić information content (AvgIpc) is 3.71. The third kappa shape index (κ3) is 5.48. The first-order valence-corrected chi connectivity index (χ1v) is 14.2. The second-order valence-corrected chi connectivity index (χ2v) is 11.7. The van der Waals surface area contributed by atoms with Crippen molar-refractivity contribution in [2.75, 3.05) is 32.3 Å². The van der Waals surface area contributed by atoms with Crippen molar-refractivity contribution in [3.05, 3.63) is 72.2 Å². The molecule has 3 heterocycles. The van der Waals surface area contributed by atoms with Gasteiger partial charge in [0, 0.05) is 25.8 Å². The number of hydrogen-bond donors (Lipinski definition) is 0. The smallest absolute Gasteiger partial charge is 0.280 e. The summed E-state index contributed by atoms with van der Waals surface area (Å²) in [7, 11) is -0.630. The number of rotatable bonds is 9. The second-order valence-electron chi connectivity index (χ2n) is 8.65. The summed E-state index contributed by atoms with van der Waals surface area (Å²) in [6, 6.07) is 14.6. The van der Waals surface area contributed by atoms with Crippen LogP contribution in [0.1, 0.15) is 29.0 Å². The minimum absolute atomic E-state index is 0.0901. The van der Waals surface area contributed by atoms with Crippen molar-refractivity contribution < 1.29 is 27.1 Å². The zero-order valence-corrected chi connectivity index (χ0v) is 22.4. The number of thiazole rings is 1. The third-order valence-corrected chi connectivity index (χ3v) is 8.93. The molecule has 0 bridgehead atoms. The SMILES string of the molecule is COc1ccc2nc(N(/N=C/c3ccco3)C(=O)c3ccc(S(=O)(=O)N(C)CC4CCCO4)cc3)sc2c1. The van der Waals surface area contributed by atoms with E-state index in [1.165, 1.54) is 64.4 Å². The van der Waals surface area contributed by atoms with E-state index in [0.717, 1.165) is 17.5 Å². The number of fused-ring (bicyclic) bond motifs is 1. The monoisotopic (exact) mass is 554 g/mol. The van der Waals surface area contributed by atoms with Crippen LogP contribution in [0.25, 0.3) is 10.2 Å². The fraction of sp³-hybridized carbons (Fsp3) is 0.269. The van der Waals surface area contributed by atoms with Gasteiger partial charge in [0.15, 0.2) is 0 Å². The first kappa shape index (κ1) is 26.0. The van der Waals surface area contributed by atoms with Gasteiger partial charge in [-0.05, 0) is 67.4 Å². The molecule has 1 aliphatic rings. The van der Waals surface area contributed by atoms with Crippen LogP contribution in [0.2, 0.25) is 0 Å². The molecular weight excluding hydrogens is 528 g/mol. The molecule has 1 unspecified atom stereocenters. The Hall–Kier alpha value is -3.58. The number of furan rings is 1. The standard InChI is InChI=1S/C26H26N4O6S2/c1-29(17-21-6-4-14-36-21)38(32,33)22-10-7-18(8-11-22)25(31)30(27-16-20-5-3-13-35-20)26-28-23-12-9-19(34-2)15-24(23)37-26/h3,5,7-13,15-16,21H,4,6,14,17H2,1-2H3/b27-16+. The van der Waals surface area contributed by atoms with E-state index in [-0.39, 0.29) is 23.1 Å². The number of amides is 1. The third-order valence-electron chi connectivity index (χ3n) is 6.10. The summed E-state index contributed by atoms with van der Waals surface area (Å²) in [6.07, 6.45) is 4.58. The number of aromatic nitrogens is 1. The summed E-state index contributed by atoms with van der Waals surface area (Å²) < 4.78 is 44.4. The Morgan fingerprint density at radius 1 is 1.24 bits per heavy atom. The second kappa shape index (κ2) is 11.0. The van der Waals surface area contributed by atoms with Gasteiger partial charge < -0.3 is 13.9 Å². The lowest BCUT2D eigenvalue weighted by Crippen LogP contribution is -2.34. The number of carbonyl (C=O) groups excluding carboxylic acids is 1. The zero-order valence-electron chi connectivity index (χ0n) is 20.8. The highest BCUT2D eigenvalue weighted by atomic mass is 32.2. The average molecular weight is 555 g/mol. The fourth-order valence-electron chi connectivity index (χ4n) is 4.02. The van der Waals surface area contributed by atoms with E-state index in [4.69, 9.17) is 13.9 Å². The summed E-state index contributed by atoms with van der Waals surface area (Å²) in [6.45, 7) is 0.928. The Balaban J connectivity index is 1.42. The lowest BCUT2D eigenvalue weighted by molar-refractivity contribution is 0.0978. The number of hydrazone groups is 1. The zero-order chi connectivity index (χ0) is 26.7. The molecule has 1 aliphatic heterocycles. The van der Waals surface area contributed by atoms with Crippen LogP contribution in [0.5, 0.6) is 5.75 Å². The molecule has 5 rings (SSSR count). The van der Waals surface area contributed by atoms with Crippen molar-refractivity contribution in [3.8, 4) is 5.75 Å². The summed E-state index contributed by atoms with van der Waals surface area (Å²) in [5, 5.41) is 5.86. The molecule has 2 aromatic heterocycles. The minimum Gasteiger partial charge on any atom is -0.497 e. The number of sulfonamides is 1. The molecule has 1 atom stereocenters. The molecule has 0 N–H and O–H groups in total. The van der Waals surface area contributed by atoms with Gasteiger partial charge in [-0.1, -0.05) is 11.3 Å². The molecule has 2 aromatic carbocycles. The van der Waals surface area contributed by atoms with Crippen LogP contribution in [0.15, 0.2) is 75.3 Å². The number of nitrogens with zero attached hydrogens (tertiary/aromatic N) is 4. The molecule has 1 saturated heterocycles. The van der Waals surface area contributed by atoms with Gasteiger partial charge in [0.25, 0.3) is 5.91 Å². The van der Waals surface area contributed by atoms with Crippen LogP contribution in [-0.4, -0.2) is 63.2 Å². The minimum atomic E-state index is -3.74. The van der Waals surface area contributed by atoms with E-state index in [2.05, 4.69) is 10.1 Å². The topological polar surface area (TPSA) is 115 Å². The molecule has 4 aromatic rings. The Kier molecular flexibility index (Phi) is 7.56. The highest BCUT2D eigenvalue weighted by molar-refractivity contribution is 7.89. The summed E-state index contributed by atoms with van der Waals surface area (Å²) in [5.41, 5.74) is 0.937. The van der Waals surface area contributed by atoms with E-state index in [1.807, 2.05) is 6.07 Å². The molecule has 0 spiro atoms. The van der Waals surface area contributed by atoms with E-state index in [1.54, 1.807) is 31.4 Å². The van der Waals surface area contributed by atoms with Gasteiger partial charge in [-0.2, -0.15) is 14.4 Å². The van der Waals surface area contributed by atoms with Gasteiger partial charge in [0.1, 0.15) is 11.5 Å². The molecule has 10 nitrogen and oxygen atoms in total. The molecule has 0 aliphatic carbocycles. The number of benzene rings is 2. The van der Waals surface area contributed by atoms with Crippen LogP contribution in [0.3, 0.4) is 0 Å². The van der Waals surface area contributed by atoms with Gasteiger partial charge in [0.2, 0.25) is 15.2 Å². The number of methoxy groups -OCH3 is 1. The van der Waals surface area contributed by atoms with Gasteiger partial charge in [-0.15, -0.1) is 0 Å². The molecule has 198 valence electrons. The van der Waals surface area contributed by atoms with E-state index >= 15 is 0 Å². The Labute approximate surface area is 224 Å². The first-order valence-electron chi connectivity index (χ1n) is 11.9. The van der Waals surface area contributed by atoms with Gasteiger partial charge >= 0.3 is 0 Å². The van der Waals surface area contributed by atoms with Crippen molar-refractivity contribution in [1.82, 2.24) is 9.29 Å². The molecule has 38 heavy (non-hydrogen) atoms. The lowest BCUT2D eigenvalue weighted by atomic mass is 10.2. The van der Waals surface area contributed by atoms with Crippen molar-refractivity contribution in [3.63, 3.8) is 0 Å². The van der Waals surface area contributed by atoms with E-state index < -0.39 is 15.9 Å². The molecule has 0 radical (unpaired) electrons. The predicted octanol–water partition coefficient (Wildman–Crippen LogP) is 4.38. The maximum absolute atomic E-state index is 13.6. The van der Waals surface area contributed by atoms with Crippen molar-refractivity contribution in [2.24, 2.45) is 5.10 Å². The quantitative estimate of drug-likeness (QED) is 0.223.